The van der Waals surface area contributed by atoms with Gasteiger partial charge in [-0.05, 0) is 13.8 Å². The zero-order chi connectivity index (χ0) is 13.2. The van der Waals surface area contributed by atoms with Crippen molar-refractivity contribution >= 4 is 11.6 Å². The summed E-state index contributed by atoms with van der Waals surface area (Å²) in [6.07, 6.45) is 0. The van der Waals surface area contributed by atoms with Gasteiger partial charge in [-0.1, -0.05) is 0 Å². The lowest BCUT2D eigenvalue weighted by Crippen LogP contribution is -2.29. The third-order valence-electron chi connectivity index (χ3n) is 2.44. The van der Waals surface area contributed by atoms with Crippen LogP contribution < -0.4 is 0 Å². The number of hydrogen-bond acceptors (Lipinski definition) is 5. The monoisotopic (exact) mass is 242 g/mol. The van der Waals surface area contributed by atoms with Gasteiger partial charge in [0.25, 0.3) is 5.91 Å². The SMILES string of the molecule is CON(C)C(=O)Cn1nc(C)c([N+](=O)[O-])c1C. The number of hydroxylamine groups is 2. The first kappa shape index (κ1) is 13.1. The molecular formula is C9H14N4O4. The van der Waals surface area contributed by atoms with Crippen molar-refractivity contribution in [1.82, 2.24) is 14.8 Å². The molecule has 0 saturated carbocycles. The maximum Gasteiger partial charge on any atom is 0.312 e. The average Bonchev–Trinajstić information content (AvgIpc) is 2.52. The van der Waals surface area contributed by atoms with Crippen LogP contribution in [0.15, 0.2) is 0 Å². The van der Waals surface area contributed by atoms with Gasteiger partial charge in [0.15, 0.2) is 0 Å². The van der Waals surface area contributed by atoms with Gasteiger partial charge in [-0.2, -0.15) is 5.10 Å². The highest BCUT2D eigenvalue weighted by molar-refractivity contribution is 5.74. The van der Waals surface area contributed by atoms with E-state index in [0.29, 0.717) is 11.4 Å². The van der Waals surface area contributed by atoms with E-state index in [4.69, 9.17) is 4.84 Å². The smallest absolute Gasteiger partial charge is 0.275 e. The van der Waals surface area contributed by atoms with Gasteiger partial charge >= 0.3 is 5.69 Å². The number of aryl methyl sites for hydroxylation is 1. The molecule has 0 aliphatic heterocycles. The number of likely N-dealkylation sites (N-methyl/N-ethyl adjacent to an activating group) is 1. The molecule has 0 N–H and O–H groups in total. The first-order valence-electron chi connectivity index (χ1n) is 4.87. The zero-order valence-electron chi connectivity index (χ0n) is 10.1. The molecule has 8 nitrogen and oxygen atoms in total. The largest absolute Gasteiger partial charge is 0.312 e. The number of nitrogens with zero attached hydrogens (tertiary/aromatic N) is 4. The van der Waals surface area contributed by atoms with Gasteiger partial charge in [0.05, 0.1) is 12.0 Å². The Labute approximate surface area is 97.9 Å². The van der Waals surface area contributed by atoms with Crippen LogP contribution in [0.25, 0.3) is 0 Å². The zero-order valence-corrected chi connectivity index (χ0v) is 10.1. The molecule has 0 spiro atoms. The van der Waals surface area contributed by atoms with Crippen LogP contribution in [0.1, 0.15) is 11.4 Å². The molecule has 0 aliphatic rings. The van der Waals surface area contributed by atoms with Gasteiger partial charge in [-0.15, -0.1) is 0 Å². The van der Waals surface area contributed by atoms with Gasteiger partial charge in [0.2, 0.25) is 0 Å². The lowest BCUT2D eigenvalue weighted by molar-refractivity contribution is -0.386. The summed E-state index contributed by atoms with van der Waals surface area (Å²) < 4.78 is 1.30. The summed E-state index contributed by atoms with van der Waals surface area (Å²) in [5.41, 5.74) is 0.587. The third kappa shape index (κ3) is 2.59. The quantitative estimate of drug-likeness (QED) is 0.564. The van der Waals surface area contributed by atoms with Gasteiger partial charge in [-0.3, -0.25) is 24.4 Å². The van der Waals surface area contributed by atoms with Crippen LogP contribution in [0.3, 0.4) is 0 Å². The Bertz CT molecular complexity index is 454. The minimum Gasteiger partial charge on any atom is -0.275 e. The molecule has 0 aliphatic carbocycles. The number of carbonyl (C=O) groups excluding carboxylic acids is 1. The van der Waals surface area contributed by atoms with Crippen LogP contribution in [-0.2, 0) is 16.2 Å². The van der Waals surface area contributed by atoms with E-state index in [2.05, 4.69) is 5.10 Å². The summed E-state index contributed by atoms with van der Waals surface area (Å²) >= 11 is 0. The molecule has 1 rings (SSSR count). The van der Waals surface area contributed by atoms with Crippen molar-refractivity contribution in [3.63, 3.8) is 0 Å². The standard InChI is InChI=1S/C9H14N4O4/c1-6-9(13(15)16)7(2)12(10-6)5-8(14)11(3)17-4/h5H2,1-4H3. The molecule has 1 aromatic heterocycles. The van der Waals surface area contributed by atoms with E-state index in [1.807, 2.05) is 0 Å². The molecule has 0 radical (unpaired) electrons. The highest BCUT2D eigenvalue weighted by Crippen LogP contribution is 2.21. The number of aromatic nitrogens is 2. The third-order valence-corrected chi connectivity index (χ3v) is 2.44. The van der Waals surface area contributed by atoms with E-state index >= 15 is 0 Å². The fourth-order valence-corrected chi connectivity index (χ4v) is 1.44. The minimum atomic E-state index is -0.501. The van der Waals surface area contributed by atoms with Gasteiger partial charge in [-0.25, -0.2) is 5.06 Å². The lowest BCUT2D eigenvalue weighted by atomic mass is 10.3. The second-order valence-electron chi connectivity index (χ2n) is 3.51. The summed E-state index contributed by atoms with van der Waals surface area (Å²) in [7, 11) is 2.82. The Kier molecular flexibility index (Phi) is 3.79. The molecule has 1 amide bonds. The number of rotatable bonds is 4. The Balaban J connectivity index is 2.98. The van der Waals surface area contributed by atoms with Crippen LogP contribution in [0, 0.1) is 24.0 Å². The van der Waals surface area contributed by atoms with E-state index in [9.17, 15) is 14.9 Å². The normalized spacial score (nSPS) is 10.4. The molecule has 1 aromatic rings. The fraction of sp³-hybridized carbons (Fsp3) is 0.556. The molecule has 1 heterocycles. The van der Waals surface area contributed by atoms with Gasteiger partial charge in [0.1, 0.15) is 17.9 Å². The van der Waals surface area contributed by atoms with Crippen LogP contribution in [-0.4, -0.2) is 39.8 Å². The summed E-state index contributed by atoms with van der Waals surface area (Å²) in [6, 6.07) is 0. The predicted molar refractivity (Wildman–Crippen MR) is 58.1 cm³/mol. The van der Waals surface area contributed by atoms with Crippen molar-refractivity contribution in [3.8, 4) is 0 Å². The molecule has 0 atom stereocenters. The lowest BCUT2D eigenvalue weighted by Gasteiger charge is -2.13. The van der Waals surface area contributed by atoms with E-state index < -0.39 is 4.92 Å². The van der Waals surface area contributed by atoms with Crippen molar-refractivity contribution in [2.24, 2.45) is 0 Å². The van der Waals surface area contributed by atoms with Gasteiger partial charge in [0, 0.05) is 7.05 Å². The summed E-state index contributed by atoms with van der Waals surface area (Å²) in [5, 5.41) is 15.8. The van der Waals surface area contributed by atoms with Crippen molar-refractivity contribution < 1.29 is 14.6 Å². The van der Waals surface area contributed by atoms with Crippen LogP contribution >= 0.6 is 0 Å². The number of nitro groups is 1. The summed E-state index contributed by atoms with van der Waals surface area (Å²) in [5.74, 6) is -0.340. The van der Waals surface area contributed by atoms with E-state index in [0.717, 1.165) is 5.06 Å². The first-order valence-corrected chi connectivity index (χ1v) is 4.87. The van der Waals surface area contributed by atoms with Crippen molar-refractivity contribution in [1.29, 1.82) is 0 Å². The van der Waals surface area contributed by atoms with Crippen LogP contribution in [0.5, 0.6) is 0 Å². The summed E-state index contributed by atoms with van der Waals surface area (Å²) in [6.45, 7) is 3.00. The molecular weight excluding hydrogens is 228 g/mol. The average molecular weight is 242 g/mol. The molecule has 0 fully saturated rings. The van der Waals surface area contributed by atoms with Gasteiger partial charge < -0.3 is 0 Å². The Morgan fingerprint density at radius 3 is 2.59 bits per heavy atom. The predicted octanol–water partition coefficient (Wildman–Crippen LogP) is 0.428. The minimum absolute atomic E-state index is 0.0575. The van der Waals surface area contributed by atoms with E-state index in [1.165, 1.54) is 25.8 Å². The molecule has 94 valence electrons. The van der Waals surface area contributed by atoms with E-state index in [1.54, 1.807) is 6.92 Å². The van der Waals surface area contributed by atoms with Crippen molar-refractivity contribution in [3.05, 3.63) is 21.5 Å². The molecule has 0 aromatic carbocycles. The molecule has 17 heavy (non-hydrogen) atoms. The number of hydrogen-bond donors (Lipinski definition) is 0. The maximum absolute atomic E-state index is 11.6. The van der Waals surface area contributed by atoms with E-state index in [-0.39, 0.29) is 18.1 Å². The van der Waals surface area contributed by atoms with Crippen LogP contribution in [0.2, 0.25) is 0 Å². The molecule has 0 unspecified atom stereocenters. The maximum atomic E-state index is 11.6. The van der Waals surface area contributed by atoms with Crippen molar-refractivity contribution in [2.75, 3.05) is 14.2 Å². The fourth-order valence-electron chi connectivity index (χ4n) is 1.44. The highest BCUT2D eigenvalue weighted by Gasteiger charge is 2.23. The van der Waals surface area contributed by atoms with Crippen molar-refractivity contribution in [2.45, 2.75) is 20.4 Å². The number of carbonyl (C=O) groups is 1. The number of amides is 1. The first-order chi connectivity index (χ1) is 7.88. The Morgan fingerprint density at radius 2 is 2.18 bits per heavy atom. The second-order valence-corrected chi connectivity index (χ2v) is 3.51. The Hall–Kier alpha value is -1.96. The summed E-state index contributed by atoms with van der Waals surface area (Å²) in [4.78, 5) is 26.5. The molecule has 0 bridgehead atoms. The highest BCUT2D eigenvalue weighted by atomic mass is 16.7. The topological polar surface area (TPSA) is 90.5 Å². The molecule has 0 saturated heterocycles. The second kappa shape index (κ2) is 4.91. The Morgan fingerprint density at radius 1 is 1.59 bits per heavy atom. The van der Waals surface area contributed by atoms with Crippen LogP contribution in [0.4, 0.5) is 5.69 Å². The molecule has 8 heteroatoms.